The van der Waals surface area contributed by atoms with Crippen molar-refractivity contribution in [1.29, 1.82) is 0 Å². The van der Waals surface area contributed by atoms with Crippen molar-refractivity contribution in [2.45, 2.75) is 25.2 Å². The minimum Gasteiger partial charge on any atom is -0.330 e. The molecule has 1 fully saturated rings. The highest BCUT2D eigenvalue weighted by Crippen LogP contribution is 2.50. The minimum atomic E-state index is -0.283. The Morgan fingerprint density at radius 3 is 2.64 bits per heavy atom. The molecule has 0 heterocycles. The molecule has 76 valence electrons. The highest BCUT2D eigenvalue weighted by atomic mass is 35.5. The van der Waals surface area contributed by atoms with Crippen molar-refractivity contribution in [3.63, 3.8) is 0 Å². The van der Waals surface area contributed by atoms with Crippen molar-refractivity contribution in [3.8, 4) is 0 Å². The van der Waals surface area contributed by atoms with Crippen molar-refractivity contribution >= 4 is 11.6 Å². The molecule has 0 aliphatic heterocycles. The fraction of sp³-hybridized carbons (Fsp3) is 0.455. The summed E-state index contributed by atoms with van der Waals surface area (Å²) in [4.78, 5) is 0. The van der Waals surface area contributed by atoms with Gasteiger partial charge in [-0.05, 0) is 37.0 Å². The van der Waals surface area contributed by atoms with Gasteiger partial charge in [0.15, 0.2) is 0 Å². The van der Waals surface area contributed by atoms with Crippen molar-refractivity contribution in [2.75, 3.05) is 6.54 Å². The molecule has 0 saturated heterocycles. The van der Waals surface area contributed by atoms with Gasteiger partial charge in [-0.3, -0.25) is 0 Å². The Hall–Kier alpha value is -0.600. The fourth-order valence-electron chi connectivity index (χ4n) is 2.01. The van der Waals surface area contributed by atoms with Crippen LogP contribution >= 0.6 is 11.6 Å². The third-order valence-corrected chi connectivity index (χ3v) is 3.37. The molecule has 1 aromatic rings. The van der Waals surface area contributed by atoms with E-state index >= 15 is 0 Å². The summed E-state index contributed by atoms with van der Waals surface area (Å²) >= 11 is 5.76. The van der Waals surface area contributed by atoms with E-state index in [9.17, 15) is 4.39 Å². The molecule has 0 aromatic heterocycles. The molecule has 14 heavy (non-hydrogen) atoms. The lowest BCUT2D eigenvalue weighted by Crippen LogP contribution is -2.22. The summed E-state index contributed by atoms with van der Waals surface area (Å²) in [5.74, 6) is -0.283. The van der Waals surface area contributed by atoms with E-state index < -0.39 is 0 Å². The minimum absolute atomic E-state index is 0.126. The standard InChI is InChI=1S/C11H13ClFN/c1-7-2-3-8(12)10(13)9(7)11(6-14)4-5-11/h2-3H,4-6,14H2,1H3. The zero-order valence-corrected chi connectivity index (χ0v) is 8.87. The maximum absolute atomic E-state index is 13.8. The van der Waals surface area contributed by atoms with Gasteiger partial charge < -0.3 is 5.73 Å². The van der Waals surface area contributed by atoms with Crippen molar-refractivity contribution in [2.24, 2.45) is 5.73 Å². The second-order valence-electron chi connectivity index (χ2n) is 4.04. The average Bonchev–Trinajstić information content (AvgIpc) is 2.93. The maximum Gasteiger partial charge on any atom is 0.145 e. The molecule has 1 saturated carbocycles. The zero-order chi connectivity index (χ0) is 10.3. The quantitative estimate of drug-likeness (QED) is 0.804. The summed E-state index contributed by atoms with van der Waals surface area (Å²) < 4.78 is 13.8. The van der Waals surface area contributed by atoms with Gasteiger partial charge in [0.2, 0.25) is 0 Å². The van der Waals surface area contributed by atoms with E-state index in [-0.39, 0.29) is 16.3 Å². The number of hydrogen-bond acceptors (Lipinski definition) is 1. The summed E-state index contributed by atoms with van der Waals surface area (Å²) in [7, 11) is 0. The molecule has 2 rings (SSSR count). The maximum atomic E-state index is 13.8. The molecule has 0 spiro atoms. The molecule has 1 nitrogen and oxygen atoms in total. The molecule has 3 heteroatoms. The third kappa shape index (κ3) is 1.33. The van der Waals surface area contributed by atoms with Crippen LogP contribution in [0.25, 0.3) is 0 Å². The molecule has 1 aromatic carbocycles. The molecule has 1 aliphatic rings. The molecular weight excluding hydrogens is 201 g/mol. The van der Waals surface area contributed by atoms with Crippen molar-refractivity contribution in [3.05, 3.63) is 34.1 Å². The van der Waals surface area contributed by atoms with Gasteiger partial charge in [0.25, 0.3) is 0 Å². The smallest absolute Gasteiger partial charge is 0.145 e. The van der Waals surface area contributed by atoms with Gasteiger partial charge in [-0.2, -0.15) is 0 Å². The number of aryl methyl sites for hydroxylation is 1. The van der Waals surface area contributed by atoms with Crippen molar-refractivity contribution < 1.29 is 4.39 Å². The molecule has 0 amide bonds. The normalized spacial score (nSPS) is 18.3. The molecule has 0 unspecified atom stereocenters. The number of benzene rings is 1. The molecular formula is C11H13ClFN. The van der Waals surface area contributed by atoms with E-state index in [2.05, 4.69) is 0 Å². The van der Waals surface area contributed by atoms with Crippen LogP contribution in [0.4, 0.5) is 4.39 Å². The van der Waals surface area contributed by atoms with Crippen LogP contribution in [-0.4, -0.2) is 6.54 Å². The topological polar surface area (TPSA) is 26.0 Å². The summed E-state index contributed by atoms with van der Waals surface area (Å²) in [6.45, 7) is 2.41. The van der Waals surface area contributed by atoms with Crippen molar-refractivity contribution in [1.82, 2.24) is 0 Å². The lowest BCUT2D eigenvalue weighted by atomic mass is 9.91. The Morgan fingerprint density at radius 1 is 1.50 bits per heavy atom. The Bertz CT molecular complexity index is 372. The zero-order valence-electron chi connectivity index (χ0n) is 8.11. The second-order valence-corrected chi connectivity index (χ2v) is 4.44. The number of nitrogens with two attached hydrogens (primary N) is 1. The lowest BCUT2D eigenvalue weighted by Gasteiger charge is -2.17. The number of halogens is 2. The number of rotatable bonds is 2. The lowest BCUT2D eigenvalue weighted by molar-refractivity contribution is 0.570. The van der Waals surface area contributed by atoms with Gasteiger partial charge in [0.05, 0.1) is 5.02 Å². The fourth-order valence-corrected chi connectivity index (χ4v) is 2.16. The van der Waals surface area contributed by atoms with Crippen LogP contribution in [0.15, 0.2) is 12.1 Å². The highest BCUT2D eigenvalue weighted by molar-refractivity contribution is 6.30. The summed E-state index contributed by atoms with van der Waals surface area (Å²) in [5, 5.41) is 0.199. The average molecular weight is 214 g/mol. The summed E-state index contributed by atoms with van der Waals surface area (Å²) in [5.41, 5.74) is 7.24. The summed E-state index contributed by atoms with van der Waals surface area (Å²) in [6.07, 6.45) is 1.95. The van der Waals surface area contributed by atoms with E-state index in [1.54, 1.807) is 6.07 Å². The molecule has 0 atom stereocenters. The predicted molar refractivity (Wildman–Crippen MR) is 56.1 cm³/mol. The Balaban J connectivity index is 2.57. The van der Waals surface area contributed by atoms with E-state index in [4.69, 9.17) is 17.3 Å². The Morgan fingerprint density at radius 2 is 2.14 bits per heavy atom. The first-order valence-electron chi connectivity index (χ1n) is 4.76. The van der Waals surface area contributed by atoms with Crippen LogP contribution in [0.3, 0.4) is 0 Å². The largest absolute Gasteiger partial charge is 0.330 e. The van der Waals surface area contributed by atoms with E-state index in [1.807, 2.05) is 13.0 Å². The first-order chi connectivity index (χ1) is 6.60. The van der Waals surface area contributed by atoms with Crippen LogP contribution in [0, 0.1) is 12.7 Å². The Labute approximate surface area is 88.1 Å². The van der Waals surface area contributed by atoms with Gasteiger partial charge in [-0.15, -0.1) is 0 Å². The van der Waals surface area contributed by atoms with Gasteiger partial charge >= 0.3 is 0 Å². The van der Waals surface area contributed by atoms with E-state index in [1.165, 1.54) is 0 Å². The summed E-state index contributed by atoms with van der Waals surface area (Å²) in [6, 6.07) is 3.46. The predicted octanol–water partition coefficient (Wildman–Crippen LogP) is 2.78. The number of hydrogen-bond donors (Lipinski definition) is 1. The van der Waals surface area contributed by atoms with Crippen LogP contribution < -0.4 is 5.73 Å². The third-order valence-electron chi connectivity index (χ3n) is 3.08. The van der Waals surface area contributed by atoms with Gasteiger partial charge in [-0.1, -0.05) is 17.7 Å². The molecule has 2 N–H and O–H groups in total. The van der Waals surface area contributed by atoms with Crippen LogP contribution in [0.5, 0.6) is 0 Å². The van der Waals surface area contributed by atoms with E-state index in [0.717, 1.165) is 24.0 Å². The van der Waals surface area contributed by atoms with Crippen LogP contribution in [-0.2, 0) is 5.41 Å². The van der Waals surface area contributed by atoms with Gasteiger partial charge in [-0.25, -0.2) is 4.39 Å². The first kappa shape index (κ1) is 9.94. The van der Waals surface area contributed by atoms with Crippen LogP contribution in [0.2, 0.25) is 5.02 Å². The monoisotopic (exact) mass is 213 g/mol. The second kappa shape index (κ2) is 3.21. The van der Waals surface area contributed by atoms with Crippen LogP contribution in [0.1, 0.15) is 24.0 Å². The molecule has 0 radical (unpaired) electrons. The van der Waals surface area contributed by atoms with Gasteiger partial charge in [0.1, 0.15) is 5.82 Å². The first-order valence-corrected chi connectivity index (χ1v) is 5.14. The van der Waals surface area contributed by atoms with E-state index in [0.29, 0.717) is 6.54 Å². The highest BCUT2D eigenvalue weighted by Gasteiger charge is 2.45. The Kier molecular flexibility index (Phi) is 2.28. The molecule has 1 aliphatic carbocycles. The molecule has 0 bridgehead atoms. The SMILES string of the molecule is Cc1ccc(Cl)c(F)c1C1(CN)CC1. The van der Waals surface area contributed by atoms with Gasteiger partial charge in [0, 0.05) is 12.0 Å².